The molecule has 0 spiro atoms. The van der Waals surface area contributed by atoms with Crippen molar-refractivity contribution in [3.63, 3.8) is 0 Å². The Bertz CT molecular complexity index is 554. The van der Waals surface area contributed by atoms with Gasteiger partial charge in [0.05, 0.1) is 12.8 Å². The molecule has 0 bridgehead atoms. The Kier molecular flexibility index (Phi) is 5.46. The predicted octanol–water partition coefficient (Wildman–Crippen LogP) is 0.868. The Morgan fingerprint density at radius 2 is 2.10 bits per heavy atom. The third-order valence-corrected chi connectivity index (χ3v) is 3.95. The second-order valence-electron chi connectivity index (χ2n) is 4.45. The van der Waals surface area contributed by atoms with E-state index in [4.69, 9.17) is 9.84 Å². The highest BCUT2D eigenvalue weighted by Crippen LogP contribution is 2.14. The zero-order valence-corrected chi connectivity index (χ0v) is 12.3. The summed E-state index contributed by atoms with van der Waals surface area (Å²) in [7, 11) is -3.93. The normalized spacial score (nSPS) is 13.2. The van der Waals surface area contributed by atoms with Gasteiger partial charge in [-0.3, -0.25) is 4.79 Å². The summed E-state index contributed by atoms with van der Waals surface area (Å²) in [5.74, 6) is -1.29. The van der Waals surface area contributed by atoms with E-state index in [1.165, 1.54) is 12.1 Å². The Morgan fingerprint density at radius 1 is 1.45 bits per heavy atom. The lowest BCUT2D eigenvalue weighted by molar-refractivity contribution is -0.140. The van der Waals surface area contributed by atoms with Crippen LogP contribution in [0.15, 0.2) is 23.2 Å². The van der Waals surface area contributed by atoms with E-state index in [1.807, 2.05) is 0 Å². The van der Waals surface area contributed by atoms with Gasteiger partial charge in [-0.05, 0) is 18.9 Å². The molecule has 0 saturated heterocycles. The lowest BCUT2D eigenvalue weighted by Crippen LogP contribution is -2.44. The highest BCUT2D eigenvalue weighted by molar-refractivity contribution is 7.89. The van der Waals surface area contributed by atoms with Crippen LogP contribution in [-0.4, -0.2) is 37.1 Å². The molecule has 1 aromatic rings. The van der Waals surface area contributed by atoms with Crippen LogP contribution >= 0.6 is 0 Å². The van der Waals surface area contributed by atoms with Crippen LogP contribution < -0.4 is 9.46 Å². The van der Waals surface area contributed by atoms with Crippen molar-refractivity contribution in [2.75, 3.05) is 6.61 Å². The van der Waals surface area contributed by atoms with E-state index in [-0.39, 0.29) is 10.8 Å². The summed E-state index contributed by atoms with van der Waals surface area (Å²) >= 11 is 0. The molecule has 1 aromatic heterocycles. The Hall–Kier alpha value is -1.67. The lowest BCUT2D eigenvalue weighted by Gasteiger charge is -2.17. The second-order valence-corrected chi connectivity index (χ2v) is 6.16. The SMILES string of the molecule is CCOc1ccc(S(=O)(=O)N[C@@H](C(=O)O)C(C)C)cn1. The van der Waals surface area contributed by atoms with Gasteiger partial charge in [-0.1, -0.05) is 13.8 Å². The van der Waals surface area contributed by atoms with Gasteiger partial charge >= 0.3 is 5.97 Å². The minimum absolute atomic E-state index is 0.104. The molecule has 0 radical (unpaired) electrons. The minimum atomic E-state index is -3.93. The fourth-order valence-corrected chi connectivity index (χ4v) is 2.75. The average molecular weight is 302 g/mol. The molecule has 1 atom stereocenters. The number of pyridine rings is 1. The molecule has 0 aromatic carbocycles. The zero-order valence-electron chi connectivity index (χ0n) is 11.5. The van der Waals surface area contributed by atoms with E-state index in [0.717, 1.165) is 6.20 Å². The molecule has 2 N–H and O–H groups in total. The van der Waals surface area contributed by atoms with Crippen molar-refractivity contribution >= 4 is 16.0 Å². The highest BCUT2D eigenvalue weighted by atomic mass is 32.2. The number of carbonyl (C=O) groups is 1. The van der Waals surface area contributed by atoms with Crippen molar-refractivity contribution < 1.29 is 23.1 Å². The van der Waals surface area contributed by atoms with Crippen LogP contribution in [0.5, 0.6) is 5.88 Å². The smallest absolute Gasteiger partial charge is 0.322 e. The Labute approximate surface area is 118 Å². The van der Waals surface area contributed by atoms with Crippen molar-refractivity contribution in [2.24, 2.45) is 5.92 Å². The van der Waals surface area contributed by atoms with Crippen molar-refractivity contribution in [3.8, 4) is 5.88 Å². The van der Waals surface area contributed by atoms with Gasteiger partial charge in [0, 0.05) is 6.07 Å². The fourth-order valence-electron chi connectivity index (χ4n) is 1.47. The van der Waals surface area contributed by atoms with E-state index in [0.29, 0.717) is 12.5 Å². The summed E-state index contributed by atoms with van der Waals surface area (Å²) in [5.41, 5.74) is 0. The number of hydrogen-bond acceptors (Lipinski definition) is 5. The molecule has 0 amide bonds. The number of ether oxygens (including phenoxy) is 1. The third-order valence-electron chi connectivity index (χ3n) is 2.53. The van der Waals surface area contributed by atoms with Crippen LogP contribution in [0.1, 0.15) is 20.8 Å². The van der Waals surface area contributed by atoms with Crippen molar-refractivity contribution in [1.82, 2.24) is 9.71 Å². The van der Waals surface area contributed by atoms with Gasteiger partial charge in [-0.15, -0.1) is 0 Å². The number of carboxylic acids is 1. The maximum absolute atomic E-state index is 12.1. The second kappa shape index (κ2) is 6.67. The fraction of sp³-hybridized carbons (Fsp3) is 0.500. The van der Waals surface area contributed by atoms with E-state index in [1.54, 1.807) is 20.8 Å². The lowest BCUT2D eigenvalue weighted by atomic mass is 10.1. The van der Waals surface area contributed by atoms with Gasteiger partial charge in [0.1, 0.15) is 10.9 Å². The van der Waals surface area contributed by atoms with Gasteiger partial charge in [0.25, 0.3) is 0 Å². The number of aromatic nitrogens is 1. The van der Waals surface area contributed by atoms with Gasteiger partial charge in [0.15, 0.2) is 0 Å². The number of rotatable bonds is 7. The molecule has 8 heteroatoms. The molecule has 0 aliphatic heterocycles. The van der Waals surface area contributed by atoms with Crippen molar-refractivity contribution in [1.29, 1.82) is 0 Å². The van der Waals surface area contributed by atoms with Gasteiger partial charge in [-0.25, -0.2) is 13.4 Å². The number of hydrogen-bond donors (Lipinski definition) is 2. The van der Waals surface area contributed by atoms with Crippen LogP contribution in [-0.2, 0) is 14.8 Å². The molecule has 0 aliphatic rings. The molecule has 0 fully saturated rings. The molecule has 1 rings (SSSR count). The topological polar surface area (TPSA) is 106 Å². The minimum Gasteiger partial charge on any atom is -0.480 e. The van der Waals surface area contributed by atoms with Gasteiger partial charge in [-0.2, -0.15) is 4.72 Å². The van der Waals surface area contributed by atoms with E-state index >= 15 is 0 Å². The predicted molar refractivity (Wildman–Crippen MR) is 72.0 cm³/mol. The van der Waals surface area contributed by atoms with E-state index in [2.05, 4.69) is 9.71 Å². The van der Waals surface area contributed by atoms with Crippen LogP contribution in [0.2, 0.25) is 0 Å². The molecular weight excluding hydrogens is 284 g/mol. The molecule has 0 aliphatic carbocycles. The number of sulfonamides is 1. The number of nitrogens with one attached hydrogen (secondary N) is 1. The quantitative estimate of drug-likeness (QED) is 0.774. The first-order chi connectivity index (χ1) is 9.27. The summed E-state index contributed by atoms with van der Waals surface area (Å²) in [6, 6.07) is 1.55. The number of nitrogens with zero attached hydrogens (tertiary/aromatic N) is 1. The van der Waals surface area contributed by atoms with Crippen molar-refractivity contribution in [2.45, 2.75) is 31.7 Å². The molecule has 0 saturated carbocycles. The molecule has 112 valence electrons. The molecule has 1 heterocycles. The Balaban J connectivity index is 2.95. The summed E-state index contributed by atoms with van der Waals surface area (Å²) < 4.78 is 31.4. The molecule has 0 unspecified atom stereocenters. The first kappa shape index (κ1) is 16.4. The van der Waals surface area contributed by atoms with Gasteiger partial charge < -0.3 is 9.84 Å². The first-order valence-corrected chi connectivity index (χ1v) is 7.60. The van der Waals surface area contributed by atoms with E-state index in [9.17, 15) is 13.2 Å². The standard InChI is InChI=1S/C12H18N2O5S/c1-4-19-10-6-5-9(7-13-10)20(17,18)14-11(8(2)3)12(15)16/h5-8,11,14H,4H2,1-3H3,(H,15,16)/t11-/m1/s1. The van der Waals surface area contributed by atoms with Crippen LogP contribution in [0, 0.1) is 5.92 Å². The average Bonchev–Trinajstić information content (AvgIpc) is 2.36. The van der Waals surface area contributed by atoms with E-state index < -0.39 is 22.0 Å². The number of aliphatic carboxylic acids is 1. The summed E-state index contributed by atoms with van der Waals surface area (Å²) in [6.07, 6.45) is 1.13. The zero-order chi connectivity index (χ0) is 15.3. The first-order valence-electron chi connectivity index (χ1n) is 6.12. The van der Waals surface area contributed by atoms with Gasteiger partial charge in [0.2, 0.25) is 15.9 Å². The molecular formula is C12H18N2O5S. The maximum atomic E-state index is 12.1. The monoisotopic (exact) mass is 302 g/mol. The summed E-state index contributed by atoms with van der Waals surface area (Å²) in [6.45, 7) is 5.45. The molecule has 20 heavy (non-hydrogen) atoms. The largest absolute Gasteiger partial charge is 0.480 e. The highest BCUT2D eigenvalue weighted by Gasteiger charge is 2.28. The van der Waals surface area contributed by atoms with Crippen LogP contribution in [0.4, 0.5) is 0 Å². The summed E-state index contributed by atoms with van der Waals surface area (Å²) in [5, 5.41) is 9.01. The third kappa shape index (κ3) is 4.17. The van der Waals surface area contributed by atoms with Crippen molar-refractivity contribution in [3.05, 3.63) is 18.3 Å². The number of carboxylic acid groups (broad SMARTS) is 1. The van der Waals surface area contributed by atoms with Crippen LogP contribution in [0.25, 0.3) is 0 Å². The summed E-state index contributed by atoms with van der Waals surface area (Å²) in [4.78, 5) is 14.8. The maximum Gasteiger partial charge on any atom is 0.322 e. The Morgan fingerprint density at radius 3 is 2.50 bits per heavy atom. The van der Waals surface area contributed by atoms with Crippen LogP contribution in [0.3, 0.4) is 0 Å². The molecule has 7 nitrogen and oxygen atoms in total.